The van der Waals surface area contributed by atoms with Crippen LogP contribution < -0.4 is 4.90 Å². The Kier molecular flexibility index (Phi) is 4.43. The van der Waals surface area contributed by atoms with Crippen LogP contribution in [0.2, 0.25) is 0 Å². The smallest absolute Gasteiger partial charge is 0.309 e. The number of hydrogen-bond acceptors (Lipinski definition) is 6. The van der Waals surface area contributed by atoms with Crippen molar-refractivity contribution in [1.29, 1.82) is 0 Å². The zero-order chi connectivity index (χ0) is 13.7. The number of aldehydes is 1. The predicted octanol–water partition coefficient (Wildman–Crippen LogP) is 1.07. The van der Waals surface area contributed by atoms with E-state index >= 15 is 0 Å². The predicted molar refractivity (Wildman–Crippen MR) is 69.0 cm³/mol. The van der Waals surface area contributed by atoms with E-state index in [9.17, 15) is 9.59 Å². The monoisotopic (exact) mass is 263 g/mol. The first-order valence-corrected chi connectivity index (χ1v) is 6.43. The Bertz CT molecular complexity index is 439. The molecule has 0 spiro atoms. The van der Waals surface area contributed by atoms with Crippen molar-refractivity contribution in [3.05, 3.63) is 18.1 Å². The number of ether oxygens (including phenoxy) is 1. The molecule has 1 aliphatic rings. The molecule has 0 radical (unpaired) electrons. The molecule has 1 aliphatic heterocycles. The SMILES string of the molecule is CCOC(=O)C1CCN(c2cnc(C=O)cn2)CC1. The molecule has 102 valence electrons. The number of anilines is 1. The maximum atomic E-state index is 11.6. The van der Waals surface area contributed by atoms with Gasteiger partial charge >= 0.3 is 5.97 Å². The van der Waals surface area contributed by atoms with Gasteiger partial charge in [0.15, 0.2) is 6.29 Å². The van der Waals surface area contributed by atoms with Gasteiger partial charge in [0.05, 0.1) is 24.9 Å². The third-order valence-electron chi connectivity index (χ3n) is 3.22. The van der Waals surface area contributed by atoms with Crippen molar-refractivity contribution in [2.45, 2.75) is 19.8 Å². The number of piperidine rings is 1. The summed E-state index contributed by atoms with van der Waals surface area (Å²) in [4.78, 5) is 32.4. The molecule has 1 saturated heterocycles. The molecule has 0 unspecified atom stereocenters. The summed E-state index contributed by atoms with van der Waals surface area (Å²) < 4.78 is 5.03. The second-order valence-corrected chi connectivity index (χ2v) is 4.43. The van der Waals surface area contributed by atoms with Crippen LogP contribution in [0.3, 0.4) is 0 Å². The average Bonchev–Trinajstić information content (AvgIpc) is 2.48. The normalized spacial score (nSPS) is 16.2. The summed E-state index contributed by atoms with van der Waals surface area (Å²) in [5.41, 5.74) is 0.324. The summed E-state index contributed by atoms with van der Waals surface area (Å²) in [6.45, 7) is 3.74. The van der Waals surface area contributed by atoms with Crippen LogP contribution in [0.4, 0.5) is 5.82 Å². The standard InChI is InChI=1S/C13H17N3O3/c1-2-19-13(18)10-3-5-16(6-4-10)12-8-14-11(9-17)7-15-12/h7-10H,2-6H2,1H3. The fourth-order valence-corrected chi connectivity index (χ4v) is 2.16. The summed E-state index contributed by atoms with van der Waals surface area (Å²) in [5.74, 6) is 0.621. The Hall–Kier alpha value is -1.98. The Morgan fingerprint density at radius 3 is 2.68 bits per heavy atom. The average molecular weight is 263 g/mol. The van der Waals surface area contributed by atoms with Gasteiger partial charge in [-0.3, -0.25) is 9.59 Å². The molecular weight excluding hydrogens is 246 g/mol. The summed E-state index contributed by atoms with van der Waals surface area (Å²) in [5, 5.41) is 0. The lowest BCUT2D eigenvalue weighted by atomic mass is 9.97. The second kappa shape index (κ2) is 6.26. The summed E-state index contributed by atoms with van der Waals surface area (Å²) >= 11 is 0. The third-order valence-corrected chi connectivity index (χ3v) is 3.22. The Balaban J connectivity index is 1.91. The lowest BCUT2D eigenvalue weighted by molar-refractivity contribution is -0.148. The van der Waals surface area contributed by atoms with Gasteiger partial charge in [-0.05, 0) is 19.8 Å². The van der Waals surface area contributed by atoms with Gasteiger partial charge in [0.1, 0.15) is 11.5 Å². The molecule has 6 nitrogen and oxygen atoms in total. The first kappa shape index (κ1) is 13.5. The zero-order valence-corrected chi connectivity index (χ0v) is 10.9. The molecule has 0 bridgehead atoms. The van der Waals surface area contributed by atoms with E-state index in [4.69, 9.17) is 4.74 Å². The molecule has 1 fully saturated rings. The number of carbonyl (C=O) groups is 2. The molecule has 2 rings (SSSR count). The third kappa shape index (κ3) is 3.27. The molecule has 0 atom stereocenters. The number of esters is 1. The van der Waals surface area contributed by atoms with E-state index in [2.05, 4.69) is 14.9 Å². The van der Waals surface area contributed by atoms with Crippen molar-refractivity contribution in [2.24, 2.45) is 5.92 Å². The number of aromatic nitrogens is 2. The molecule has 19 heavy (non-hydrogen) atoms. The molecule has 0 amide bonds. The molecule has 0 aromatic carbocycles. The molecule has 0 aliphatic carbocycles. The molecule has 1 aromatic heterocycles. The maximum absolute atomic E-state index is 11.6. The van der Waals surface area contributed by atoms with Gasteiger partial charge < -0.3 is 9.64 Å². The van der Waals surface area contributed by atoms with Gasteiger partial charge in [0.25, 0.3) is 0 Å². The lowest BCUT2D eigenvalue weighted by Gasteiger charge is -2.31. The van der Waals surface area contributed by atoms with Crippen molar-refractivity contribution in [3.63, 3.8) is 0 Å². The van der Waals surface area contributed by atoms with E-state index in [1.54, 1.807) is 6.20 Å². The van der Waals surface area contributed by atoms with Gasteiger partial charge in [0.2, 0.25) is 0 Å². The largest absolute Gasteiger partial charge is 0.466 e. The highest BCUT2D eigenvalue weighted by Crippen LogP contribution is 2.22. The van der Waals surface area contributed by atoms with Crippen molar-refractivity contribution in [3.8, 4) is 0 Å². The van der Waals surface area contributed by atoms with E-state index in [-0.39, 0.29) is 11.9 Å². The summed E-state index contributed by atoms with van der Waals surface area (Å²) in [6.07, 6.45) is 5.24. The molecule has 6 heteroatoms. The highest BCUT2D eigenvalue weighted by Gasteiger charge is 2.26. The van der Waals surface area contributed by atoms with Gasteiger partial charge in [0, 0.05) is 13.1 Å². The van der Waals surface area contributed by atoms with Gasteiger partial charge in [-0.25, -0.2) is 9.97 Å². The van der Waals surface area contributed by atoms with Crippen molar-refractivity contribution >= 4 is 18.1 Å². The maximum Gasteiger partial charge on any atom is 0.309 e. The number of nitrogens with zero attached hydrogens (tertiary/aromatic N) is 3. The minimum absolute atomic E-state index is 0.0154. The Morgan fingerprint density at radius 2 is 2.16 bits per heavy atom. The van der Waals surface area contributed by atoms with E-state index in [1.165, 1.54) is 6.20 Å². The van der Waals surface area contributed by atoms with E-state index in [1.807, 2.05) is 6.92 Å². The van der Waals surface area contributed by atoms with Crippen molar-refractivity contribution < 1.29 is 14.3 Å². The zero-order valence-electron chi connectivity index (χ0n) is 10.9. The van der Waals surface area contributed by atoms with Gasteiger partial charge in [-0.2, -0.15) is 0 Å². The van der Waals surface area contributed by atoms with Crippen LogP contribution in [0.25, 0.3) is 0 Å². The van der Waals surface area contributed by atoms with Crippen LogP contribution in [0.15, 0.2) is 12.4 Å². The Labute approximate surface area is 111 Å². The van der Waals surface area contributed by atoms with E-state index in [0.717, 1.165) is 31.7 Å². The van der Waals surface area contributed by atoms with Gasteiger partial charge in [-0.1, -0.05) is 0 Å². The second-order valence-electron chi connectivity index (χ2n) is 4.43. The number of rotatable bonds is 4. The quantitative estimate of drug-likeness (QED) is 0.597. The topological polar surface area (TPSA) is 72.4 Å². The van der Waals surface area contributed by atoms with E-state index in [0.29, 0.717) is 18.6 Å². The highest BCUT2D eigenvalue weighted by atomic mass is 16.5. The van der Waals surface area contributed by atoms with Crippen LogP contribution in [0.5, 0.6) is 0 Å². The molecule has 2 heterocycles. The van der Waals surface area contributed by atoms with Crippen molar-refractivity contribution in [2.75, 3.05) is 24.6 Å². The molecular formula is C13H17N3O3. The Morgan fingerprint density at radius 1 is 1.42 bits per heavy atom. The van der Waals surface area contributed by atoms with E-state index < -0.39 is 0 Å². The summed E-state index contributed by atoms with van der Waals surface area (Å²) in [6, 6.07) is 0. The van der Waals surface area contributed by atoms with Crippen LogP contribution >= 0.6 is 0 Å². The van der Waals surface area contributed by atoms with Crippen LogP contribution in [0, 0.1) is 5.92 Å². The van der Waals surface area contributed by atoms with Crippen LogP contribution in [0.1, 0.15) is 30.3 Å². The fraction of sp³-hybridized carbons (Fsp3) is 0.538. The van der Waals surface area contributed by atoms with Crippen LogP contribution in [-0.4, -0.2) is 41.9 Å². The fourth-order valence-electron chi connectivity index (χ4n) is 2.16. The molecule has 0 N–H and O–H groups in total. The molecule has 1 aromatic rings. The number of hydrogen-bond donors (Lipinski definition) is 0. The first-order valence-electron chi connectivity index (χ1n) is 6.43. The van der Waals surface area contributed by atoms with Gasteiger partial charge in [-0.15, -0.1) is 0 Å². The minimum atomic E-state index is -0.107. The molecule has 0 saturated carbocycles. The van der Waals surface area contributed by atoms with Crippen LogP contribution in [-0.2, 0) is 9.53 Å². The number of carbonyl (C=O) groups excluding carboxylic acids is 2. The lowest BCUT2D eigenvalue weighted by Crippen LogP contribution is -2.37. The first-order chi connectivity index (χ1) is 9.24. The summed E-state index contributed by atoms with van der Waals surface area (Å²) in [7, 11) is 0. The highest BCUT2D eigenvalue weighted by molar-refractivity contribution is 5.73. The minimum Gasteiger partial charge on any atom is -0.466 e. The van der Waals surface area contributed by atoms with Crippen molar-refractivity contribution in [1.82, 2.24) is 9.97 Å².